The highest BCUT2D eigenvalue weighted by molar-refractivity contribution is 7.89. The number of benzene rings is 1. The van der Waals surface area contributed by atoms with Gasteiger partial charge in [-0.2, -0.15) is 0 Å². The summed E-state index contributed by atoms with van der Waals surface area (Å²) in [7, 11) is -2.26. The third kappa shape index (κ3) is 8.27. The lowest BCUT2D eigenvalue weighted by Crippen LogP contribution is -2.51. The first-order valence-electron chi connectivity index (χ1n) is 10.6. The largest absolute Gasteiger partial charge is 0.485 e. The number of amides is 2. The van der Waals surface area contributed by atoms with Gasteiger partial charge in [-0.05, 0) is 58.8 Å². The first-order valence-corrected chi connectivity index (χ1v) is 12.1. The maximum Gasteiger partial charge on any atom is 0.272 e. The van der Waals surface area contributed by atoms with Crippen molar-refractivity contribution in [3.63, 3.8) is 0 Å². The molecule has 1 atom stereocenters. The molecule has 0 aromatic heterocycles. The summed E-state index contributed by atoms with van der Waals surface area (Å²) in [5.41, 5.74) is -0.843. The lowest BCUT2D eigenvalue weighted by molar-refractivity contribution is -0.137. The third-order valence-electron chi connectivity index (χ3n) is 5.29. The fourth-order valence-electron chi connectivity index (χ4n) is 3.57. The highest BCUT2D eigenvalue weighted by atomic mass is 32.2. The van der Waals surface area contributed by atoms with Gasteiger partial charge < -0.3 is 4.74 Å². The molecule has 1 unspecified atom stereocenters. The molecule has 0 bridgehead atoms. The second-order valence-corrected chi connectivity index (χ2v) is 10.4. The number of nitrogens with zero attached hydrogens (tertiary/aromatic N) is 1. The molecule has 186 valence electrons. The Bertz CT molecular complexity index is 956. The molecule has 12 heteroatoms. The molecule has 1 heterocycles. The summed E-state index contributed by atoms with van der Waals surface area (Å²) in [5.74, 6) is -2.08. The summed E-state index contributed by atoms with van der Waals surface area (Å²) in [5, 5.41) is 2.32. The Kier molecular flexibility index (Phi) is 9.27. The predicted octanol–water partition coefficient (Wildman–Crippen LogP) is 2.43. The van der Waals surface area contributed by atoms with Gasteiger partial charge in [0.2, 0.25) is 21.8 Å². The summed E-state index contributed by atoms with van der Waals surface area (Å²) >= 11 is 0. The van der Waals surface area contributed by atoms with E-state index >= 15 is 0 Å². The minimum Gasteiger partial charge on any atom is -0.485 e. The SMILES string of the molecule is CN(CCCCC(C)(C)NS(=O)(=O)c1ccc(F)c(OCC(F)F)c1)C1CCC(=O)NC1=O. The van der Waals surface area contributed by atoms with Crippen LogP contribution in [0.2, 0.25) is 0 Å². The van der Waals surface area contributed by atoms with E-state index in [1.54, 1.807) is 20.9 Å². The van der Waals surface area contributed by atoms with E-state index in [1.807, 2.05) is 4.90 Å². The zero-order valence-corrected chi connectivity index (χ0v) is 19.7. The van der Waals surface area contributed by atoms with Gasteiger partial charge in [-0.15, -0.1) is 0 Å². The smallest absolute Gasteiger partial charge is 0.272 e. The molecule has 33 heavy (non-hydrogen) atoms. The maximum atomic E-state index is 13.8. The molecule has 0 radical (unpaired) electrons. The standard InChI is InChI=1S/C21H30F3N3O5S/c1-21(2,10-4-5-11-27(3)16-8-9-19(28)25-20(16)29)26-33(30,31)14-6-7-15(22)17(12-14)32-13-18(23)24/h6-7,12,16,18,26H,4-5,8-11,13H2,1-3H3,(H,25,28,29). The number of hydrogen-bond acceptors (Lipinski definition) is 6. The Hall–Kier alpha value is -2.18. The van der Waals surface area contributed by atoms with Crippen molar-refractivity contribution in [1.29, 1.82) is 0 Å². The lowest BCUT2D eigenvalue weighted by atomic mass is 9.98. The summed E-state index contributed by atoms with van der Waals surface area (Å²) in [6, 6.07) is 2.41. The number of imide groups is 1. The molecule has 1 aliphatic heterocycles. The Morgan fingerprint density at radius 1 is 1.27 bits per heavy atom. The molecule has 0 spiro atoms. The zero-order valence-electron chi connectivity index (χ0n) is 18.9. The quantitative estimate of drug-likeness (QED) is 0.342. The molecule has 2 amide bonds. The summed E-state index contributed by atoms with van der Waals surface area (Å²) in [4.78, 5) is 24.8. The first kappa shape index (κ1) is 27.1. The number of unbranched alkanes of at least 4 members (excludes halogenated alkanes) is 1. The average Bonchev–Trinajstić information content (AvgIpc) is 2.69. The van der Waals surface area contributed by atoms with Crippen molar-refractivity contribution < 1.29 is 35.9 Å². The van der Waals surface area contributed by atoms with E-state index in [2.05, 4.69) is 14.8 Å². The maximum absolute atomic E-state index is 13.8. The summed E-state index contributed by atoms with van der Waals surface area (Å²) in [6.45, 7) is 2.95. The Balaban J connectivity index is 1.89. The van der Waals surface area contributed by atoms with Crippen LogP contribution < -0.4 is 14.8 Å². The third-order valence-corrected chi connectivity index (χ3v) is 6.99. The number of sulfonamides is 1. The summed E-state index contributed by atoms with van der Waals surface area (Å²) in [6.07, 6.45) is -0.233. The average molecular weight is 494 g/mol. The molecule has 0 aliphatic carbocycles. The second kappa shape index (κ2) is 11.3. The molecule has 1 fully saturated rings. The number of rotatable bonds is 12. The van der Waals surface area contributed by atoms with Crippen LogP contribution >= 0.6 is 0 Å². The van der Waals surface area contributed by atoms with Crippen molar-refractivity contribution in [3.8, 4) is 5.75 Å². The molecular formula is C21H30F3N3O5S. The highest BCUT2D eigenvalue weighted by Gasteiger charge is 2.30. The molecule has 1 aromatic rings. The van der Waals surface area contributed by atoms with Gasteiger partial charge in [0, 0.05) is 18.0 Å². The first-order chi connectivity index (χ1) is 15.3. The van der Waals surface area contributed by atoms with Crippen LogP contribution in [0.3, 0.4) is 0 Å². The van der Waals surface area contributed by atoms with Crippen molar-refractivity contribution >= 4 is 21.8 Å². The number of likely N-dealkylation sites (N-methyl/N-ethyl adjacent to an activating group) is 1. The highest BCUT2D eigenvalue weighted by Crippen LogP contribution is 2.24. The Morgan fingerprint density at radius 3 is 2.61 bits per heavy atom. The van der Waals surface area contributed by atoms with E-state index < -0.39 is 40.2 Å². The van der Waals surface area contributed by atoms with Gasteiger partial charge in [0.1, 0.15) is 6.61 Å². The molecule has 0 saturated carbocycles. The van der Waals surface area contributed by atoms with Crippen molar-refractivity contribution in [2.45, 2.75) is 68.9 Å². The minimum absolute atomic E-state index is 0.271. The zero-order chi connectivity index (χ0) is 24.8. The molecule has 2 rings (SSSR count). The van der Waals surface area contributed by atoms with Gasteiger partial charge in [-0.1, -0.05) is 6.42 Å². The van der Waals surface area contributed by atoms with Crippen LogP contribution in [0.15, 0.2) is 23.1 Å². The molecule has 8 nitrogen and oxygen atoms in total. The fraction of sp³-hybridized carbons (Fsp3) is 0.619. The van der Waals surface area contributed by atoms with Crippen LogP contribution in [-0.4, -0.2) is 63.3 Å². The van der Waals surface area contributed by atoms with Crippen LogP contribution in [0.5, 0.6) is 5.75 Å². The van der Waals surface area contributed by atoms with Gasteiger partial charge in [0.15, 0.2) is 11.6 Å². The molecule has 2 N–H and O–H groups in total. The van der Waals surface area contributed by atoms with E-state index in [0.29, 0.717) is 38.6 Å². The number of carbonyl (C=O) groups is 2. The van der Waals surface area contributed by atoms with Gasteiger partial charge >= 0.3 is 0 Å². The lowest BCUT2D eigenvalue weighted by Gasteiger charge is -2.30. The molecule has 1 aromatic carbocycles. The van der Waals surface area contributed by atoms with E-state index in [-0.39, 0.29) is 22.8 Å². The van der Waals surface area contributed by atoms with Crippen LogP contribution in [0.1, 0.15) is 46.0 Å². The number of hydrogen-bond donors (Lipinski definition) is 2. The molecular weight excluding hydrogens is 463 g/mol. The van der Waals surface area contributed by atoms with E-state index in [1.165, 1.54) is 0 Å². The number of alkyl halides is 2. The number of halogens is 3. The van der Waals surface area contributed by atoms with Crippen molar-refractivity contribution in [2.75, 3.05) is 20.2 Å². The van der Waals surface area contributed by atoms with Crippen LogP contribution in [0.25, 0.3) is 0 Å². The summed E-state index contributed by atoms with van der Waals surface area (Å²) < 4.78 is 71.1. The topological polar surface area (TPSA) is 105 Å². The number of piperidine rings is 1. The van der Waals surface area contributed by atoms with Crippen molar-refractivity contribution in [3.05, 3.63) is 24.0 Å². The Labute approximate surface area is 191 Å². The van der Waals surface area contributed by atoms with Gasteiger partial charge in [0.25, 0.3) is 6.43 Å². The van der Waals surface area contributed by atoms with Gasteiger partial charge in [-0.25, -0.2) is 26.3 Å². The fourth-order valence-corrected chi connectivity index (χ4v) is 5.03. The van der Waals surface area contributed by atoms with Crippen molar-refractivity contribution in [2.24, 2.45) is 0 Å². The van der Waals surface area contributed by atoms with Crippen LogP contribution in [-0.2, 0) is 19.6 Å². The second-order valence-electron chi connectivity index (χ2n) is 8.69. The number of carbonyl (C=O) groups excluding carboxylic acids is 2. The van der Waals surface area contributed by atoms with E-state index in [9.17, 15) is 31.2 Å². The molecule has 1 saturated heterocycles. The van der Waals surface area contributed by atoms with Gasteiger partial charge in [-0.3, -0.25) is 19.8 Å². The minimum atomic E-state index is -4.06. The number of nitrogens with one attached hydrogen (secondary N) is 2. The van der Waals surface area contributed by atoms with E-state index in [4.69, 9.17) is 0 Å². The Morgan fingerprint density at radius 2 is 1.97 bits per heavy atom. The number of ether oxygens (including phenoxy) is 1. The van der Waals surface area contributed by atoms with Crippen LogP contribution in [0, 0.1) is 5.82 Å². The van der Waals surface area contributed by atoms with Crippen LogP contribution in [0.4, 0.5) is 13.2 Å². The van der Waals surface area contributed by atoms with Crippen molar-refractivity contribution in [1.82, 2.24) is 14.9 Å². The monoisotopic (exact) mass is 493 g/mol. The molecule has 1 aliphatic rings. The van der Waals surface area contributed by atoms with E-state index in [0.717, 1.165) is 18.2 Å². The van der Waals surface area contributed by atoms with Gasteiger partial charge in [0.05, 0.1) is 10.9 Å². The predicted molar refractivity (Wildman–Crippen MR) is 115 cm³/mol. The normalized spacial score (nSPS) is 17.5.